The van der Waals surface area contributed by atoms with Gasteiger partial charge in [-0.25, -0.2) is 0 Å². The summed E-state index contributed by atoms with van der Waals surface area (Å²) in [6.45, 7) is 7.12. The van der Waals surface area contributed by atoms with Crippen LogP contribution in [0.2, 0.25) is 0 Å². The minimum atomic E-state index is -2.26. The maximum Gasteiger partial charge on any atom is 0.248 e. The quantitative estimate of drug-likeness (QED) is 0.0471. The number of nitrogens with two attached hydrogens (primary N) is 2. The van der Waals surface area contributed by atoms with Crippen molar-refractivity contribution in [3.05, 3.63) is 29.8 Å². The molecule has 3 aliphatic heterocycles. The van der Waals surface area contributed by atoms with Gasteiger partial charge < -0.3 is 83.8 Å². The Labute approximate surface area is 450 Å². The lowest BCUT2D eigenvalue weighted by molar-refractivity contribution is -0.146. The largest absolute Gasteiger partial charge is 0.508 e. The number of aliphatic hydroxyl groups is 7. The molecule has 17 atom stereocenters. The molecule has 77 heavy (non-hydrogen) atoms. The molecule has 0 aromatic heterocycles. The standard InChI is InChI=1S/C52H88N10O15/c1-5-27(2)22-28(3)12-10-8-6-7-9-11-13-39(69)56-34-25-38(68)47(55-21-20-54)61-50(75)42-37(67)24-33(57-42)45(71)41(36(66)18-19-53)59-51(76)43(46(72)44(70)30-14-16-31(64)17-15-30)60-49(74)35-23-32(65)26-62(35)52(77)40(29(4)63)58-48(34)73/h14-17,27-29,32-38,40-44,46-47,55,57,63-68,70,72H,5-13,18-26,53-54H2,1-4H3,(H,56,69)(H,58,73)(H,59,76)(H,60,74)(H,61,75)/t27?,28?,29-,32-,33?,34-,35+,36-,37+,38-,40+,41+,42+,43+,44+,46+,47+/m1/s1. The molecule has 0 aliphatic carbocycles. The summed E-state index contributed by atoms with van der Waals surface area (Å²) in [5.41, 5.74) is 11.4. The monoisotopic (exact) mass is 1090 g/mol. The second kappa shape index (κ2) is 31.6. The Morgan fingerprint density at radius 2 is 1.36 bits per heavy atom. The molecule has 3 aliphatic rings. The van der Waals surface area contributed by atoms with Crippen LogP contribution in [0.4, 0.5) is 0 Å². The molecule has 4 rings (SSSR count). The Balaban J connectivity index is 1.70. The van der Waals surface area contributed by atoms with E-state index < -0.39 is 158 Å². The van der Waals surface area contributed by atoms with Crippen molar-refractivity contribution >= 4 is 41.2 Å². The van der Waals surface area contributed by atoms with Crippen molar-refractivity contribution < 1.29 is 74.4 Å². The van der Waals surface area contributed by atoms with Gasteiger partial charge in [0.25, 0.3) is 0 Å². The van der Waals surface area contributed by atoms with Crippen molar-refractivity contribution in [2.45, 2.75) is 209 Å². The summed E-state index contributed by atoms with van der Waals surface area (Å²) in [6.07, 6.45) is -6.98. The molecule has 3 fully saturated rings. The van der Waals surface area contributed by atoms with Gasteiger partial charge in [0.05, 0.1) is 36.6 Å². The number of phenols is 1. The summed E-state index contributed by atoms with van der Waals surface area (Å²) >= 11 is 0. The molecular weight excluding hydrogens is 1000 g/mol. The molecule has 3 unspecified atom stereocenters. The minimum Gasteiger partial charge on any atom is -0.508 e. The van der Waals surface area contributed by atoms with E-state index in [0.717, 1.165) is 50.3 Å². The Hall–Kier alpha value is -4.93. The van der Waals surface area contributed by atoms with E-state index in [1.54, 1.807) is 0 Å². The molecule has 25 nitrogen and oxygen atoms in total. The van der Waals surface area contributed by atoms with Crippen LogP contribution in [0.1, 0.15) is 129 Å². The number of ketones is 1. The van der Waals surface area contributed by atoms with Crippen molar-refractivity contribution in [3.8, 4) is 5.75 Å². The number of benzene rings is 1. The highest BCUT2D eigenvalue weighted by Gasteiger charge is 2.48. The van der Waals surface area contributed by atoms with Crippen LogP contribution >= 0.6 is 0 Å². The summed E-state index contributed by atoms with van der Waals surface area (Å²) in [6, 6.07) is -7.53. The molecule has 6 amide bonds. The topological polar surface area (TPSA) is 421 Å². The van der Waals surface area contributed by atoms with Crippen LogP contribution in [0.5, 0.6) is 5.75 Å². The summed E-state index contributed by atoms with van der Waals surface area (Å²) in [5.74, 6) is -6.15. The number of aliphatic hydroxyl groups excluding tert-OH is 7. The van der Waals surface area contributed by atoms with Crippen LogP contribution in [-0.2, 0) is 33.6 Å². The normalized spacial score (nSPS) is 29.6. The number of fused-ring (bicyclic) bond motifs is 3. The van der Waals surface area contributed by atoms with Crippen molar-refractivity contribution in [1.29, 1.82) is 0 Å². The molecule has 1 aromatic rings. The molecule has 2 bridgehead atoms. The molecule has 3 heterocycles. The predicted molar refractivity (Wildman–Crippen MR) is 280 cm³/mol. The highest BCUT2D eigenvalue weighted by atomic mass is 16.3. The lowest BCUT2D eigenvalue weighted by Gasteiger charge is -2.34. The number of phenolic OH excluding ortho intramolecular Hbond substituents is 1. The number of hydrogen-bond donors (Lipinski definition) is 17. The van der Waals surface area contributed by atoms with Crippen LogP contribution in [0, 0.1) is 11.8 Å². The fourth-order valence-corrected chi connectivity index (χ4v) is 10.2. The summed E-state index contributed by atoms with van der Waals surface area (Å²) < 4.78 is 0. The number of unbranched alkanes of at least 4 members (excludes halogenated alkanes) is 5. The van der Waals surface area contributed by atoms with E-state index >= 15 is 0 Å². The number of Topliss-reactive ketones (excluding diaryl/α,β-unsaturated/α-hetero) is 1. The first-order valence-electron chi connectivity index (χ1n) is 27.3. The SMILES string of the molecule is CCC(C)CC(C)CCCCCCCCC(=O)N[C@@H]1C[C@@H](O)[C@@H](NCCN)NC(=O)[C@H]2NC(C[C@@H]2O)C(=O)[C@H]([C@H](O)CCN)NC(=O)[C@H]([C@H](O)[C@@H](O)c2ccc(O)cc2)NC(=O)[C@@H]2C[C@@H](O)CN2C(=O)[C@H]([C@@H](C)O)NC1=O. The number of nitrogens with zero attached hydrogens (tertiary/aromatic N) is 1. The van der Waals surface area contributed by atoms with Gasteiger partial charge in [-0.05, 0) is 68.7 Å². The average Bonchev–Trinajstić information content (AvgIpc) is 3.99. The molecule has 0 spiro atoms. The highest BCUT2D eigenvalue weighted by Crippen LogP contribution is 2.26. The fraction of sp³-hybridized carbons (Fsp3) is 0.750. The maximum absolute atomic E-state index is 14.5. The molecule has 0 radical (unpaired) electrons. The summed E-state index contributed by atoms with van der Waals surface area (Å²) in [5, 5.41) is 107. The van der Waals surface area contributed by atoms with E-state index in [-0.39, 0.29) is 43.8 Å². The molecule has 3 saturated heterocycles. The molecule has 25 heteroatoms. The van der Waals surface area contributed by atoms with Gasteiger partial charge in [0, 0.05) is 38.9 Å². The third-order valence-electron chi connectivity index (χ3n) is 14.9. The number of rotatable bonds is 23. The summed E-state index contributed by atoms with van der Waals surface area (Å²) in [7, 11) is 0. The van der Waals surface area contributed by atoms with E-state index in [1.807, 2.05) is 0 Å². The third-order valence-corrected chi connectivity index (χ3v) is 14.9. The van der Waals surface area contributed by atoms with Gasteiger partial charge in [-0.15, -0.1) is 0 Å². The summed E-state index contributed by atoms with van der Waals surface area (Å²) in [4.78, 5) is 100. The van der Waals surface area contributed by atoms with Crippen LogP contribution < -0.4 is 48.7 Å². The number of carbonyl (C=O) groups is 7. The Morgan fingerprint density at radius 3 is 2.00 bits per heavy atom. The lowest BCUT2D eigenvalue weighted by atomic mass is 9.91. The van der Waals surface area contributed by atoms with Gasteiger partial charge in [-0.3, -0.25) is 44.2 Å². The van der Waals surface area contributed by atoms with Crippen LogP contribution in [-0.4, -0.2) is 198 Å². The van der Waals surface area contributed by atoms with E-state index in [0.29, 0.717) is 24.7 Å². The van der Waals surface area contributed by atoms with Crippen molar-refractivity contribution in [1.82, 2.24) is 42.1 Å². The van der Waals surface area contributed by atoms with Gasteiger partial charge in [-0.1, -0.05) is 77.8 Å². The van der Waals surface area contributed by atoms with Gasteiger partial charge in [0.15, 0.2) is 5.78 Å². The zero-order chi connectivity index (χ0) is 57.1. The second-order valence-electron chi connectivity index (χ2n) is 21.3. The van der Waals surface area contributed by atoms with E-state index in [4.69, 9.17) is 11.5 Å². The highest BCUT2D eigenvalue weighted by molar-refractivity contribution is 5.99. The second-order valence-corrected chi connectivity index (χ2v) is 21.3. The van der Waals surface area contributed by atoms with Crippen molar-refractivity contribution in [3.63, 3.8) is 0 Å². The maximum atomic E-state index is 14.5. The first kappa shape index (κ1) is 64.6. The van der Waals surface area contributed by atoms with Gasteiger partial charge in [0.2, 0.25) is 35.4 Å². The van der Waals surface area contributed by atoms with Gasteiger partial charge in [0.1, 0.15) is 60.4 Å². The Kier molecular flexibility index (Phi) is 26.5. The van der Waals surface area contributed by atoms with Crippen molar-refractivity contribution in [2.24, 2.45) is 23.3 Å². The number of aromatic hydroxyl groups is 1. The van der Waals surface area contributed by atoms with E-state index in [2.05, 4.69) is 58.0 Å². The van der Waals surface area contributed by atoms with Crippen LogP contribution in [0.25, 0.3) is 0 Å². The molecular formula is C52H88N10O15. The number of carbonyl (C=O) groups excluding carboxylic acids is 7. The molecule has 436 valence electrons. The van der Waals surface area contributed by atoms with Gasteiger partial charge in [-0.2, -0.15) is 0 Å². The van der Waals surface area contributed by atoms with E-state index in [1.165, 1.54) is 30.7 Å². The first-order valence-corrected chi connectivity index (χ1v) is 27.3. The zero-order valence-electron chi connectivity index (χ0n) is 44.9. The van der Waals surface area contributed by atoms with E-state index in [9.17, 15) is 74.4 Å². The van der Waals surface area contributed by atoms with Crippen molar-refractivity contribution in [2.75, 3.05) is 26.2 Å². The fourth-order valence-electron chi connectivity index (χ4n) is 10.2. The average molecular weight is 1090 g/mol. The van der Waals surface area contributed by atoms with Crippen LogP contribution in [0.15, 0.2) is 24.3 Å². The smallest absolute Gasteiger partial charge is 0.248 e. The number of hydrogen-bond acceptors (Lipinski definition) is 19. The number of nitrogens with one attached hydrogen (secondary N) is 7. The zero-order valence-corrected chi connectivity index (χ0v) is 44.9. The minimum absolute atomic E-state index is 0.00768. The molecule has 1 aromatic carbocycles. The first-order chi connectivity index (χ1) is 36.5. The molecule has 19 N–H and O–H groups in total. The number of amides is 6. The Morgan fingerprint density at radius 1 is 0.727 bits per heavy atom. The molecule has 0 saturated carbocycles. The predicted octanol–water partition coefficient (Wildman–Crippen LogP) is -3.61. The van der Waals surface area contributed by atoms with Crippen LogP contribution in [0.3, 0.4) is 0 Å². The Bertz CT molecular complexity index is 2070. The third kappa shape index (κ3) is 19.1. The van der Waals surface area contributed by atoms with Gasteiger partial charge >= 0.3 is 0 Å². The lowest BCUT2D eigenvalue weighted by Crippen LogP contribution is -2.64.